The Bertz CT molecular complexity index is 622. The molecule has 0 bridgehead atoms. The first kappa shape index (κ1) is 19.2. The summed E-state index contributed by atoms with van der Waals surface area (Å²) in [5.74, 6) is -5.28. The van der Waals surface area contributed by atoms with E-state index in [1.807, 2.05) is 4.90 Å². The normalized spacial score (nSPS) is 19.9. The molecule has 0 aromatic heterocycles. The maximum absolute atomic E-state index is 14.5. The van der Waals surface area contributed by atoms with Gasteiger partial charge in [0, 0.05) is 32.7 Å². The van der Waals surface area contributed by atoms with Gasteiger partial charge in [0.25, 0.3) is 0 Å². The summed E-state index contributed by atoms with van der Waals surface area (Å²) in [7, 11) is 0. The molecule has 26 heavy (non-hydrogen) atoms. The number of benzene rings is 1. The number of rotatable bonds is 4. The summed E-state index contributed by atoms with van der Waals surface area (Å²) in [5, 5.41) is 0. The fraction of sp³-hybridized carbons (Fsp3) is 0.579. The Hall–Kier alpha value is -1.60. The second-order valence-electron chi connectivity index (χ2n) is 6.73. The molecule has 2 aliphatic heterocycles. The number of halogens is 4. The van der Waals surface area contributed by atoms with E-state index in [4.69, 9.17) is 4.74 Å². The molecular weight excluding hydrogens is 348 g/mol. The molecule has 0 spiro atoms. The first-order chi connectivity index (χ1) is 12.6. The zero-order valence-corrected chi connectivity index (χ0v) is 14.7. The zero-order chi connectivity index (χ0) is 18.5. The van der Waals surface area contributed by atoms with Crippen molar-refractivity contribution in [2.24, 2.45) is 0 Å². The average Bonchev–Trinajstić information content (AvgIpc) is 2.93. The van der Waals surface area contributed by atoms with Crippen LogP contribution >= 0.6 is 0 Å². The smallest absolute Gasteiger partial charge is 0.185 e. The van der Waals surface area contributed by atoms with Crippen LogP contribution in [0.4, 0.5) is 23.2 Å². The van der Waals surface area contributed by atoms with E-state index in [2.05, 4.69) is 0 Å². The van der Waals surface area contributed by atoms with Gasteiger partial charge in [-0.2, -0.15) is 0 Å². The largest absolute Gasteiger partial charge is 0.379 e. The highest BCUT2D eigenvalue weighted by molar-refractivity contribution is 5.60. The molecule has 2 heterocycles. The van der Waals surface area contributed by atoms with Gasteiger partial charge < -0.3 is 9.64 Å². The zero-order valence-electron chi connectivity index (χ0n) is 14.7. The quantitative estimate of drug-likeness (QED) is 0.588. The topological polar surface area (TPSA) is 15.7 Å². The van der Waals surface area contributed by atoms with Gasteiger partial charge in [-0.1, -0.05) is 25.0 Å². The van der Waals surface area contributed by atoms with E-state index in [9.17, 15) is 17.6 Å². The third-order valence-corrected chi connectivity index (χ3v) is 4.95. The van der Waals surface area contributed by atoms with Gasteiger partial charge in [-0.05, 0) is 12.8 Å². The van der Waals surface area contributed by atoms with Crippen LogP contribution in [-0.4, -0.2) is 50.8 Å². The first-order valence-electron chi connectivity index (χ1n) is 9.17. The van der Waals surface area contributed by atoms with Gasteiger partial charge in [0.1, 0.15) is 5.69 Å². The number of hydrogen-bond donors (Lipinski definition) is 0. The van der Waals surface area contributed by atoms with Crippen LogP contribution in [0.1, 0.15) is 31.2 Å². The Morgan fingerprint density at radius 3 is 1.92 bits per heavy atom. The second-order valence-corrected chi connectivity index (χ2v) is 6.73. The lowest BCUT2D eigenvalue weighted by Crippen LogP contribution is -2.36. The lowest BCUT2D eigenvalue weighted by Gasteiger charge is -2.25. The van der Waals surface area contributed by atoms with Crippen LogP contribution in [-0.2, 0) is 4.74 Å². The van der Waals surface area contributed by atoms with E-state index in [1.54, 1.807) is 0 Å². The molecule has 0 aliphatic carbocycles. The van der Waals surface area contributed by atoms with Crippen molar-refractivity contribution in [2.45, 2.75) is 25.7 Å². The Labute approximate surface area is 151 Å². The average molecular weight is 372 g/mol. The van der Waals surface area contributed by atoms with Crippen LogP contribution in [0.25, 0.3) is 6.08 Å². The summed E-state index contributed by atoms with van der Waals surface area (Å²) in [4.78, 5) is 3.46. The molecule has 1 aromatic carbocycles. The summed E-state index contributed by atoms with van der Waals surface area (Å²) >= 11 is 0. The van der Waals surface area contributed by atoms with Gasteiger partial charge in [-0.15, -0.1) is 0 Å². The van der Waals surface area contributed by atoms with Gasteiger partial charge >= 0.3 is 0 Å². The molecule has 0 amide bonds. The minimum absolute atomic E-state index is 0.402. The number of hydrogen-bond acceptors (Lipinski definition) is 3. The SMILES string of the molecule is Fc1c(F)c(N2CCCCCC2)c(F)c(F)c1/C=C/CN1CCOCC1. The van der Waals surface area contributed by atoms with Crippen LogP contribution < -0.4 is 4.90 Å². The molecule has 1 aromatic rings. The highest BCUT2D eigenvalue weighted by Gasteiger charge is 2.28. The third-order valence-electron chi connectivity index (χ3n) is 4.95. The molecule has 3 nitrogen and oxygen atoms in total. The molecule has 0 N–H and O–H groups in total. The number of nitrogens with zero attached hydrogens (tertiary/aromatic N) is 2. The molecule has 2 fully saturated rings. The lowest BCUT2D eigenvalue weighted by molar-refractivity contribution is 0.0435. The van der Waals surface area contributed by atoms with E-state index >= 15 is 0 Å². The van der Waals surface area contributed by atoms with Crippen molar-refractivity contribution >= 4 is 11.8 Å². The van der Waals surface area contributed by atoms with E-state index in [-0.39, 0.29) is 0 Å². The van der Waals surface area contributed by atoms with Crippen molar-refractivity contribution in [3.05, 3.63) is 34.9 Å². The standard InChI is InChI=1S/C19H24F4N2O/c20-15-14(6-5-7-24-10-12-26-13-11-24)16(21)18(23)19(17(15)22)25-8-3-1-2-4-9-25/h5-6H,1-4,7-13H2/b6-5+. The summed E-state index contributed by atoms with van der Waals surface area (Å²) in [5.41, 5.74) is -1.24. The molecule has 0 radical (unpaired) electrons. The van der Waals surface area contributed by atoms with E-state index in [0.717, 1.165) is 31.8 Å². The third kappa shape index (κ3) is 4.20. The van der Waals surface area contributed by atoms with Crippen LogP contribution in [0.15, 0.2) is 6.08 Å². The Kier molecular flexibility index (Phi) is 6.53. The molecule has 2 saturated heterocycles. The molecule has 0 unspecified atom stereocenters. The number of anilines is 1. The molecule has 0 atom stereocenters. The van der Waals surface area contributed by atoms with Gasteiger partial charge in [0.05, 0.1) is 18.8 Å². The Balaban J connectivity index is 1.82. The Morgan fingerprint density at radius 2 is 1.35 bits per heavy atom. The van der Waals surface area contributed by atoms with Gasteiger partial charge in [0.2, 0.25) is 0 Å². The van der Waals surface area contributed by atoms with Crippen LogP contribution in [0.5, 0.6) is 0 Å². The van der Waals surface area contributed by atoms with Crippen LogP contribution in [0, 0.1) is 23.3 Å². The molecule has 7 heteroatoms. The van der Waals surface area contributed by atoms with E-state index in [1.165, 1.54) is 11.0 Å². The lowest BCUT2D eigenvalue weighted by atomic mass is 10.1. The number of morpholine rings is 1. The van der Waals surface area contributed by atoms with Crippen molar-refractivity contribution in [3.63, 3.8) is 0 Å². The minimum Gasteiger partial charge on any atom is -0.379 e. The predicted octanol–water partition coefficient (Wildman–Crippen LogP) is 3.97. The van der Waals surface area contributed by atoms with E-state index in [0.29, 0.717) is 45.9 Å². The monoisotopic (exact) mass is 372 g/mol. The summed E-state index contributed by atoms with van der Waals surface area (Å²) in [6, 6.07) is 0. The van der Waals surface area contributed by atoms with Crippen molar-refractivity contribution in [3.8, 4) is 0 Å². The maximum Gasteiger partial charge on any atom is 0.185 e. The molecule has 3 rings (SSSR count). The molecular formula is C19H24F4N2O. The molecule has 144 valence electrons. The van der Waals surface area contributed by atoms with Crippen molar-refractivity contribution in [1.29, 1.82) is 0 Å². The Morgan fingerprint density at radius 1 is 0.769 bits per heavy atom. The van der Waals surface area contributed by atoms with Crippen molar-refractivity contribution < 1.29 is 22.3 Å². The van der Waals surface area contributed by atoms with Crippen molar-refractivity contribution in [1.82, 2.24) is 4.90 Å². The highest BCUT2D eigenvalue weighted by Crippen LogP contribution is 2.33. The predicted molar refractivity (Wildman–Crippen MR) is 93.2 cm³/mol. The second kappa shape index (κ2) is 8.86. The van der Waals surface area contributed by atoms with Crippen LogP contribution in [0.3, 0.4) is 0 Å². The van der Waals surface area contributed by atoms with Gasteiger partial charge in [-0.25, -0.2) is 17.6 Å². The van der Waals surface area contributed by atoms with E-state index < -0.39 is 34.5 Å². The maximum atomic E-state index is 14.5. The minimum atomic E-state index is -1.33. The summed E-state index contributed by atoms with van der Waals surface area (Å²) < 4.78 is 63.1. The number of ether oxygens (including phenoxy) is 1. The fourth-order valence-corrected chi connectivity index (χ4v) is 3.46. The first-order valence-corrected chi connectivity index (χ1v) is 9.17. The van der Waals surface area contributed by atoms with Crippen molar-refractivity contribution in [2.75, 3.05) is 50.8 Å². The summed E-state index contributed by atoms with van der Waals surface area (Å²) in [6.45, 7) is 3.88. The molecule has 2 aliphatic rings. The van der Waals surface area contributed by atoms with Crippen LogP contribution in [0.2, 0.25) is 0 Å². The van der Waals surface area contributed by atoms with Gasteiger partial charge in [0.15, 0.2) is 23.3 Å². The highest BCUT2D eigenvalue weighted by atomic mass is 19.2. The summed E-state index contributed by atoms with van der Waals surface area (Å²) in [6.07, 6.45) is 6.06. The fourth-order valence-electron chi connectivity index (χ4n) is 3.46. The molecule has 0 saturated carbocycles. The van der Waals surface area contributed by atoms with Gasteiger partial charge in [-0.3, -0.25) is 4.90 Å².